The van der Waals surface area contributed by atoms with Gasteiger partial charge in [-0.1, -0.05) is 12.8 Å². The number of pyridine rings is 1. The molecule has 72 valence electrons. The fourth-order valence-electron chi connectivity index (χ4n) is 1.71. The Hall–Kier alpha value is -1.01. The van der Waals surface area contributed by atoms with E-state index >= 15 is 0 Å². The molecule has 0 radical (unpaired) electrons. The summed E-state index contributed by atoms with van der Waals surface area (Å²) in [5.74, 6) is 0. The van der Waals surface area contributed by atoms with E-state index in [0.29, 0.717) is 5.69 Å². The third kappa shape index (κ3) is 2.27. The van der Waals surface area contributed by atoms with Gasteiger partial charge in [0.1, 0.15) is 11.8 Å². The highest BCUT2D eigenvalue weighted by Crippen LogP contribution is 2.34. The molecule has 1 heterocycles. The van der Waals surface area contributed by atoms with Crippen molar-refractivity contribution < 1.29 is 0 Å². The van der Waals surface area contributed by atoms with Crippen LogP contribution in [0.25, 0.3) is 0 Å². The van der Waals surface area contributed by atoms with Gasteiger partial charge in [0, 0.05) is 16.3 Å². The van der Waals surface area contributed by atoms with Gasteiger partial charge < -0.3 is 0 Å². The zero-order valence-corrected chi connectivity index (χ0v) is 8.76. The number of thioether (sulfide) groups is 1. The summed E-state index contributed by atoms with van der Waals surface area (Å²) >= 11 is 1.90. The van der Waals surface area contributed by atoms with Gasteiger partial charge in [-0.15, -0.1) is 11.8 Å². The van der Waals surface area contributed by atoms with Crippen molar-refractivity contribution in [1.29, 1.82) is 5.26 Å². The molecule has 1 aliphatic rings. The van der Waals surface area contributed by atoms with Gasteiger partial charge in [0.2, 0.25) is 0 Å². The molecule has 2 nitrogen and oxygen atoms in total. The molecular formula is C11H12N2S. The SMILES string of the molecule is N#Cc1ccc(SC2CCCC2)cn1. The molecule has 1 saturated carbocycles. The number of nitriles is 1. The van der Waals surface area contributed by atoms with Crippen LogP contribution in [-0.2, 0) is 0 Å². The summed E-state index contributed by atoms with van der Waals surface area (Å²) in [4.78, 5) is 5.25. The molecule has 0 aromatic carbocycles. The average Bonchev–Trinajstić information content (AvgIpc) is 2.72. The van der Waals surface area contributed by atoms with E-state index in [1.54, 1.807) is 6.07 Å². The summed E-state index contributed by atoms with van der Waals surface area (Å²) in [6, 6.07) is 5.81. The standard InChI is InChI=1S/C11H12N2S/c12-7-9-5-6-11(8-13-9)14-10-3-1-2-4-10/h5-6,8,10H,1-4H2. The molecule has 0 aliphatic heterocycles. The molecule has 1 aromatic heterocycles. The topological polar surface area (TPSA) is 36.7 Å². The summed E-state index contributed by atoms with van der Waals surface area (Å²) < 4.78 is 0. The third-order valence-electron chi connectivity index (χ3n) is 2.46. The second-order valence-corrected chi connectivity index (χ2v) is 4.89. The fraction of sp³-hybridized carbons (Fsp3) is 0.455. The smallest absolute Gasteiger partial charge is 0.140 e. The van der Waals surface area contributed by atoms with E-state index in [1.165, 1.54) is 30.6 Å². The molecule has 3 heteroatoms. The van der Waals surface area contributed by atoms with Gasteiger partial charge in [0.15, 0.2) is 0 Å². The molecule has 0 N–H and O–H groups in total. The van der Waals surface area contributed by atoms with Crippen LogP contribution in [0.3, 0.4) is 0 Å². The molecule has 0 bridgehead atoms. The maximum atomic E-state index is 8.59. The van der Waals surface area contributed by atoms with E-state index < -0.39 is 0 Å². The van der Waals surface area contributed by atoms with Crippen molar-refractivity contribution in [2.24, 2.45) is 0 Å². The highest BCUT2D eigenvalue weighted by atomic mass is 32.2. The predicted molar refractivity (Wildman–Crippen MR) is 57.1 cm³/mol. The Morgan fingerprint density at radius 1 is 1.36 bits per heavy atom. The van der Waals surface area contributed by atoms with E-state index in [-0.39, 0.29) is 0 Å². The zero-order valence-electron chi connectivity index (χ0n) is 7.94. The quantitative estimate of drug-likeness (QED) is 0.743. The van der Waals surface area contributed by atoms with Crippen LogP contribution in [0, 0.1) is 11.3 Å². The van der Waals surface area contributed by atoms with Gasteiger partial charge >= 0.3 is 0 Å². The van der Waals surface area contributed by atoms with Crippen molar-refractivity contribution in [3.63, 3.8) is 0 Å². The lowest BCUT2D eigenvalue weighted by molar-refractivity contribution is 0.886. The second-order valence-electron chi connectivity index (χ2n) is 3.52. The maximum Gasteiger partial charge on any atom is 0.140 e. The molecule has 0 amide bonds. The van der Waals surface area contributed by atoms with Crippen LogP contribution in [0.4, 0.5) is 0 Å². The summed E-state index contributed by atoms with van der Waals surface area (Å²) in [5, 5.41) is 9.36. The monoisotopic (exact) mass is 204 g/mol. The Labute approximate surface area is 88.4 Å². The highest BCUT2D eigenvalue weighted by molar-refractivity contribution is 8.00. The normalized spacial score (nSPS) is 16.8. The lowest BCUT2D eigenvalue weighted by atomic mass is 10.4. The lowest BCUT2D eigenvalue weighted by Gasteiger charge is -2.07. The molecule has 0 saturated heterocycles. The Balaban J connectivity index is 1.99. The minimum atomic E-state index is 0.501. The summed E-state index contributed by atoms with van der Waals surface area (Å²) in [6.45, 7) is 0. The van der Waals surface area contributed by atoms with Gasteiger partial charge in [-0.2, -0.15) is 5.26 Å². The van der Waals surface area contributed by atoms with Crippen LogP contribution in [0.1, 0.15) is 31.4 Å². The lowest BCUT2D eigenvalue weighted by Crippen LogP contribution is -1.93. The Morgan fingerprint density at radius 3 is 2.71 bits per heavy atom. The van der Waals surface area contributed by atoms with Crippen LogP contribution < -0.4 is 0 Å². The molecule has 0 unspecified atom stereocenters. The zero-order chi connectivity index (χ0) is 9.80. The van der Waals surface area contributed by atoms with Crippen molar-refractivity contribution in [1.82, 2.24) is 4.98 Å². The number of hydrogen-bond donors (Lipinski definition) is 0. The second kappa shape index (κ2) is 4.47. The molecular weight excluding hydrogens is 192 g/mol. The average molecular weight is 204 g/mol. The number of rotatable bonds is 2. The summed E-state index contributed by atoms with van der Waals surface area (Å²) in [7, 11) is 0. The molecule has 14 heavy (non-hydrogen) atoms. The van der Waals surface area contributed by atoms with Gasteiger partial charge in [-0.3, -0.25) is 0 Å². The van der Waals surface area contributed by atoms with Crippen molar-refractivity contribution >= 4 is 11.8 Å². The van der Waals surface area contributed by atoms with Gasteiger partial charge in [-0.05, 0) is 25.0 Å². The fourth-order valence-corrected chi connectivity index (χ4v) is 2.93. The van der Waals surface area contributed by atoms with E-state index in [2.05, 4.69) is 4.98 Å². The van der Waals surface area contributed by atoms with Crippen LogP contribution in [0.2, 0.25) is 0 Å². The first-order valence-corrected chi connectivity index (χ1v) is 5.79. The summed E-state index contributed by atoms with van der Waals surface area (Å²) in [6.07, 6.45) is 7.18. The van der Waals surface area contributed by atoms with Crippen molar-refractivity contribution in [3.8, 4) is 6.07 Å². The third-order valence-corrected chi connectivity index (χ3v) is 3.77. The molecule has 1 fully saturated rings. The van der Waals surface area contributed by atoms with E-state index in [4.69, 9.17) is 5.26 Å². The maximum absolute atomic E-state index is 8.59. The van der Waals surface area contributed by atoms with Gasteiger partial charge in [0.25, 0.3) is 0 Å². The number of hydrogen-bond acceptors (Lipinski definition) is 3. The molecule has 1 aliphatic carbocycles. The van der Waals surface area contributed by atoms with Crippen molar-refractivity contribution in [2.45, 2.75) is 35.8 Å². The number of aromatic nitrogens is 1. The predicted octanol–water partition coefficient (Wildman–Crippen LogP) is 2.99. The Kier molecular flexibility index (Phi) is 3.05. The van der Waals surface area contributed by atoms with E-state index in [9.17, 15) is 0 Å². The minimum absolute atomic E-state index is 0.501. The molecule has 2 rings (SSSR count). The molecule has 0 atom stereocenters. The van der Waals surface area contributed by atoms with Crippen molar-refractivity contribution in [3.05, 3.63) is 24.0 Å². The van der Waals surface area contributed by atoms with Gasteiger partial charge in [-0.25, -0.2) is 4.98 Å². The minimum Gasteiger partial charge on any atom is -0.244 e. The Morgan fingerprint density at radius 2 is 2.14 bits per heavy atom. The molecule has 0 spiro atoms. The van der Waals surface area contributed by atoms with Crippen molar-refractivity contribution in [2.75, 3.05) is 0 Å². The van der Waals surface area contributed by atoms with E-state index in [1.807, 2.05) is 30.1 Å². The Bertz CT molecular complexity index is 333. The summed E-state index contributed by atoms with van der Waals surface area (Å²) in [5.41, 5.74) is 0.501. The van der Waals surface area contributed by atoms with Crippen LogP contribution in [0.15, 0.2) is 23.2 Å². The van der Waals surface area contributed by atoms with Crippen LogP contribution in [0.5, 0.6) is 0 Å². The largest absolute Gasteiger partial charge is 0.244 e. The first-order chi connectivity index (χ1) is 6.88. The number of nitrogens with zero attached hydrogens (tertiary/aromatic N) is 2. The first kappa shape index (κ1) is 9.54. The van der Waals surface area contributed by atoms with Crippen LogP contribution in [-0.4, -0.2) is 10.2 Å². The van der Waals surface area contributed by atoms with Gasteiger partial charge in [0.05, 0.1) is 0 Å². The highest BCUT2D eigenvalue weighted by Gasteiger charge is 2.15. The van der Waals surface area contributed by atoms with Crippen LogP contribution >= 0.6 is 11.8 Å². The van der Waals surface area contributed by atoms with E-state index in [0.717, 1.165) is 5.25 Å². The first-order valence-electron chi connectivity index (χ1n) is 4.91. The molecule has 1 aromatic rings.